The zero-order valence-electron chi connectivity index (χ0n) is 10.3. The van der Waals surface area contributed by atoms with Gasteiger partial charge in [-0.2, -0.15) is 0 Å². The van der Waals surface area contributed by atoms with E-state index in [4.69, 9.17) is 9.47 Å². The second kappa shape index (κ2) is 3.64. The summed E-state index contributed by atoms with van der Waals surface area (Å²) in [4.78, 5) is 0. The Hall–Kier alpha value is -1.22. The highest BCUT2D eigenvalue weighted by Crippen LogP contribution is 2.47. The van der Waals surface area contributed by atoms with E-state index < -0.39 is 6.10 Å². The van der Waals surface area contributed by atoms with Gasteiger partial charge in [0.05, 0.1) is 12.7 Å². The van der Waals surface area contributed by atoms with Crippen molar-refractivity contribution in [2.24, 2.45) is 0 Å². The van der Waals surface area contributed by atoms with Crippen molar-refractivity contribution in [2.45, 2.75) is 44.8 Å². The molecular formula is C14H18O3. The second-order valence-electron chi connectivity index (χ2n) is 5.52. The molecule has 3 heteroatoms. The van der Waals surface area contributed by atoms with Gasteiger partial charge in [-0.3, -0.25) is 0 Å². The van der Waals surface area contributed by atoms with Crippen LogP contribution in [0.25, 0.3) is 0 Å². The molecule has 0 aliphatic carbocycles. The third-order valence-electron chi connectivity index (χ3n) is 3.45. The molecule has 92 valence electrons. The average molecular weight is 234 g/mol. The summed E-state index contributed by atoms with van der Waals surface area (Å²) >= 11 is 0. The van der Waals surface area contributed by atoms with Gasteiger partial charge in [-0.1, -0.05) is 12.1 Å². The van der Waals surface area contributed by atoms with Crippen LogP contribution >= 0.6 is 0 Å². The first kappa shape index (κ1) is 10.9. The Labute approximate surface area is 101 Å². The van der Waals surface area contributed by atoms with Gasteiger partial charge >= 0.3 is 0 Å². The first-order valence-corrected chi connectivity index (χ1v) is 6.22. The predicted octanol–water partition coefficient (Wildman–Crippen LogP) is 2.61. The molecule has 0 unspecified atom stereocenters. The Morgan fingerprint density at radius 2 is 2.12 bits per heavy atom. The molecule has 2 aliphatic rings. The number of aliphatic hydroxyl groups is 1. The van der Waals surface area contributed by atoms with Gasteiger partial charge in [-0.25, -0.2) is 0 Å². The molecule has 3 rings (SSSR count). The minimum absolute atomic E-state index is 0.169. The fourth-order valence-electron chi connectivity index (χ4n) is 2.66. The monoisotopic (exact) mass is 234 g/mol. The number of hydrogen-bond donors (Lipinski definition) is 1. The first-order valence-electron chi connectivity index (χ1n) is 6.22. The van der Waals surface area contributed by atoms with Crippen LogP contribution in [0.2, 0.25) is 0 Å². The molecule has 1 aromatic carbocycles. The van der Waals surface area contributed by atoms with Crippen molar-refractivity contribution in [1.29, 1.82) is 0 Å². The molecule has 1 N–H and O–H groups in total. The predicted molar refractivity (Wildman–Crippen MR) is 64.5 cm³/mol. The lowest BCUT2D eigenvalue weighted by Gasteiger charge is -2.19. The summed E-state index contributed by atoms with van der Waals surface area (Å²) < 4.78 is 11.7. The van der Waals surface area contributed by atoms with Gasteiger partial charge in [0.25, 0.3) is 0 Å². The fraction of sp³-hybridized carbons (Fsp3) is 0.571. The molecule has 0 bridgehead atoms. The fourth-order valence-corrected chi connectivity index (χ4v) is 2.66. The Morgan fingerprint density at radius 3 is 2.94 bits per heavy atom. The summed E-state index contributed by atoms with van der Waals surface area (Å²) in [5, 5.41) is 10.1. The summed E-state index contributed by atoms with van der Waals surface area (Å²) in [7, 11) is 0. The third kappa shape index (κ3) is 1.78. The van der Waals surface area contributed by atoms with E-state index in [0.29, 0.717) is 6.61 Å². The van der Waals surface area contributed by atoms with E-state index in [-0.39, 0.29) is 5.60 Å². The van der Waals surface area contributed by atoms with E-state index in [2.05, 4.69) is 19.9 Å². The number of hydrogen-bond acceptors (Lipinski definition) is 3. The summed E-state index contributed by atoms with van der Waals surface area (Å²) in [5.74, 6) is 1.60. The van der Waals surface area contributed by atoms with Crippen molar-refractivity contribution in [3.05, 3.63) is 23.3 Å². The smallest absolute Gasteiger partial charge is 0.167 e. The molecule has 17 heavy (non-hydrogen) atoms. The molecule has 0 fully saturated rings. The molecule has 0 saturated carbocycles. The molecule has 1 atom stereocenters. The maximum absolute atomic E-state index is 10.1. The van der Waals surface area contributed by atoms with E-state index in [0.717, 1.165) is 36.3 Å². The standard InChI is InChI=1S/C14H18O3/c1-14(2)8-9-5-6-10-11(15)4-3-7-16-13(10)12(9)17-14/h5-6,11,15H,3-4,7-8H2,1-2H3/t11-/m0/s1. The van der Waals surface area contributed by atoms with Crippen LogP contribution in [0.15, 0.2) is 12.1 Å². The number of rotatable bonds is 0. The molecule has 0 aromatic heterocycles. The van der Waals surface area contributed by atoms with Crippen molar-refractivity contribution in [3.63, 3.8) is 0 Å². The van der Waals surface area contributed by atoms with Crippen molar-refractivity contribution >= 4 is 0 Å². The highest BCUT2D eigenvalue weighted by Gasteiger charge is 2.35. The number of aliphatic hydroxyl groups excluding tert-OH is 1. The number of benzene rings is 1. The Bertz CT molecular complexity index is 451. The van der Waals surface area contributed by atoms with Crippen LogP contribution < -0.4 is 9.47 Å². The largest absolute Gasteiger partial charge is 0.489 e. The van der Waals surface area contributed by atoms with Crippen molar-refractivity contribution in [1.82, 2.24) is 0 Å². The molecule has 1 aromatic rings. The number of fused-ring (bicyclic) bond motifs is 3. The zero-order valence-corrected chi connectivity index (χ0v) is 10.3. The first-order chi connectivity index (χ1) is 8.07. The second-order valence-corrected chi connectivity index (χ2v) is 5.52. The van der Waals surface area contributed by atoms with E-state index >= 15 is 0 Å². The summed E-state index contributed by atoms with van der Waals surface area (Å²) in [6.07, 6.45) is 2.11. The molecular weight excluding hydrogens is 216 g/mol. The van der Waals surface area contributed by atoms with E-state index in [1.54, 1.807) is 0 Å². The molecule has 0 amide bonds. The van der Waals surface area contributed by atoms with E-state index in [9.17, 15) is 5.11 Å². The summed E-state index contributed by atoms with van der Waals surface area (Å²) in [6, 6.07) is 4.04. The maximum Gasteiger partial charge on any atom is 0.167 e. The topological polar surface area (TPSA) is 38.7 Å². The molecule has 3 nitrogen and oxygen atoms in total. The minimum Gasteiger partial charge on any atom is -0.489 e. The zero-order chi connectivity index (χ0) is 12.0. The van der Waals surface area contributed by atoms with Gasteiger partial charge in [0.2, 0.25) is 0 Å². The highest BCUT2D eigenvalue weighted by atomic mass is 16.5. The maximum atomic E-state index is 10.1. The van der Waals surface area contributed by atoms with Crippen LogP contribution in [0.5, 0.6) is 11.5 Å². The molecule has 2 aliphatic heterocycles. The van der Waals surface area contributed by atoms with Gasteiger partial charge in [-0.15, -0.1) is 0 Å². The van der Waals surface area contributed by atoms with Crippen LogP contribution in [0.4, 0.5) is 0 Å². The lowest BCUT2D eigenvalue weighted by molar-refractivity contribution is 0.132. The summed E-state index contributed by atoms with van der Waals surface area (Å²) in [5.41, 5.74) is 1.89. The molecule has 2 heterocycles. The van der Waals surface area contributed by atoms with Gasteiger partial charge in [0.1, 0.15) is 5.60 Å². The van der Waals surface area contributed by atoms with Gasteiger partial charge in [0, 0.05) is 17.5 Å². The molecule has 0 radical (unpaired) electrons. The Morgan fingerprint density at radius 1 is 1.29 bits per heavy atom. The van der Waals surface area contributed by atoms with Crippen molar-refractivity contribution in [3.8, 4) is 11.5 Å². The van der Waals surface area contributed by atoms with Crippen molar-refractivity contribution < 1.29 is 14.6 Å². The van der Waals surface area contributed by atoms with Crippen LogP contribution in [-0.4, -0.2) is 17.3 Å². The van der Waals surface area contributed by atoms with Crippen LogP contribution in [-0.2, 0) is 6.42 Å². The van der Waals surface area contributed by atoms with Gasteiger partial charge in [-0.05, 0) is 26.7 Å². The number of ether oxygens (including phenoxy) is 2. The van der Waals surface area contributed by atoms with Gasteiger partial charge in [0.15, 0.2) is 11.5 Å². The van der Waals surface area contributed by atoms with Crippen molar-refractivity contribution in [2.75, 3.05) is 6.61 Å². The molecule has 0 saturated heterocycles. The Kier molecular flexibility index (Phi) is 2.33. The van der Waals surface area contributed by atoms with Crippen LogP contribution in [0, 0.1) is 0 Å². The van der Waals surface area contributed by atoms with E-state index in [1.807, 2.05) is 6.07 Å². The SMILES string of the molecule is CC1(C)Cc2ccc3c(c2O1)OCCC[C@@H]3O. The quantitative estimate of drug-likeness (QED) is 0.750. The normalized spacial score (nSPS) is 25.2. The third-order valence-corrected chi connectivity index (χ3v) is 3.45. The van der Waals surface area contributed by atoms with E-state index in [1.165, 1.54) is 5.56 Å². The van der Waals surface area contributed by atoms with Crippen LogP contribution in [0.3, 0.4) is 0 Å². The Balaban J connectivity index is 2.10. The average Bonchev–Trinajstić information content (AvgIpc) is 2.45. The lowest BCUT2D eigenvalue weighted by Crippen LogP contribution is -2.24. The van der Waals surface area contributed by atoms with Crippen LogP contribution in [0.1, 0.15) is 43.9 Å². The highest BCUT2D eigenvalue weighted by molar-refractivity contribution is 5.55. The minimum atomic E-state index is -0.426. The van der Waals surface area contributed by atoms with Gasteiger partial charge < -0.3 is 14.6 Å². The summed E-state index contributed by atoms with van der Waals surface area (Å²) in [6.45, 7) is 4.81. The molecule has 0 spiro atoms. The lowest BCUT2D eigenvalue weighted by atomic mass is 9.98.